The molecule has 0 fully saturated rings. The van der Waals surface area contributed by atoms with Crippen LogP contribution in [0.25, 0.3) is 0 Å². The fourth-order valence-corrected chi connectivity index (χ4v) is 2.68. The molecule has 2 aromatic rings. The number of amides is 1. The van der Waals surface area contributed by atoms with Crippen molar-refractivity contribution in [3.8, 4) is 11.5 Å². The zero-order valence-electron chi connectivity index (χ0n) is 14.9. The normalized spacial score (nSPS) is 10.3. The largest absolute Gasteiger partial charge is 0.493 e. The minimum atomic E-state index is -0.0693. The van der Waals surface area contributed by atoms with E-state index in [0.29, 0.717) is 35.1 Å². The summed E-state index contributed by atoms with van der Waals surface area (Å²) in [5.74, 6) is 1.26. The van der Waals surface area contributed by atoms with Gasteiger partial charge in [0.05, 0.1) is 25.6 Å². The standard InChI is InChI=1S/C19H23ClN2O3/c1-22(2)16-8-7-14(20)12-15(16)21-19(23)10-6-13-5-9-17(24-3)18(11-13)25-4/h5,7-9,11-12H,6,10H2,1-4H3,(H,21,23). The topological polar surface area (TPSA) is 50.8 Å². The van der Waals surface area contributed by atoms with Crippen molar-refractivity contribution in [3.63, 3.8) is 0 Å². The molecular formula is C19H23ClN2O3. The summed E-state index contributed by atoms with van der Waals surface area (Å²) >= 11 is 6.04. The number of methoxy groups -OCH3 is 2. The average Bonchev–Trinajstić information content (AvgIpc) is 2.59. The van der Waals surface area contributed by atoms with E-state index >= 15 is 0 Å². The van der Waals surface area contributed by atoms with Crippen LogP contribution in [-0.4, -0.2) is 34.2 Å². The molecule has 0 saturated heterocycles. The molecule has 1 N–H and O–H groups in total. The van der Waals surface area contributed by atoms with E-state index in [-0.39, 0.29) is 5.91 Å². The van der Waals surface area contributed by atoms with Gasteiger partial charge in [0.1, 0.15) is 0 Å². The summed E-state index contributed by atoms with van der Waals surface area (Å²) in [6.07, 6.45) is 0.957. The first-order valence-electron chi connectivity index (χ1n) is 7.92. The highest BCUT2D eigenvalue weighted by Crippen LogP contribution is 2.29. The summed E-state index contributed by atoms with van der Waals surface area (Å²) in [7, 11) is 7.03. The number of nitrogens with one attached hydrogen (secondary N) is 1. The van der Waals surface area contributed by atoms with E-state index in [1.54, 1.807) is 26.4 Å². The molecule has 0 aromatic heterocycles. The van der Waals surface area contributed by atoms with Crippen molar-refractivity contribution in [2.75, 3.05) is 38.5 Å². The van der Waals surface area contributed by atoms with Crippen LogP contribution >= 0.6 is 11.6 Å². The summed E-state index contributed by atoms with van der Waals surface area (Å²) in [5, 5.41) is 3.52. The third kappa shape index (κ3) is 5.03. The Bertz CT molecular complexity index is 747. The second-order valence-corrected chi connectivity index (χ2v) is 6.23. The number of aryl methyl sites for hydroxylation is 1. The lowest BCUT2D eigenvalue weighted by Gasteiger charge is -2.18. The SMILES string of the molecule is COc1ccc(CCC(=O)Nc2cc(Cl)ccc2N(C)C)cc1OC. The third-order valence-electron chi connectivity index (χ3n) is 3.80. The number of hydrogen-bond donors (Lipinski definition) is 1. The van der Waals surface area contributed by atoms with E-state index in [4.69, 9.17) is 21.1 Å². The summed E-state index contributed by atoms with van der Waals surface area (Å²) < 4.78 is 10.5. The number of carbonyl (C=O) groups excluding carboxylic acids is 1. The number of benzene rings is 2. The lowest BCUT2D eigenvalue weighted by Crippen LogP contribution is -2.17. The Kier molecular flexibility index (Phi) is 6.53. The van der Waals surface area contributed by atoms with Crippen molar-refractivity contribution >= 4 is 28.9 Å². The second kappa shape index (κ2) is 8.62. The number of nitrogens with zero attached hydrogens (tertiary/aromatic N) is 1. The number of carbonyl (C=O) groups is 1. The minimum Gasteiger partial charge on any atom is -0.493 e. The molecule has 0 aliphatic carbocycles. The van der Waals surface area contributed by atoms with Crippen LogP contribution < -0.4 is 19.7 Å². The van der Waals surface area contributed by atoms with Crippen LogP contribution in [0.4, 0.5) is 11.4 Å². The summed E-state index contributed by atoms with van der Waals surface area (Å²) in [6, 6.07) is 11.1. The molecule has 0 heterocycles. The molecule has 5 nitrogen and oxygen atoms in total. The van der Waals surface area contributed by atoms with Crippen LogP contribution in [0.1, 0.15) is 12.0 Å². The monoisotopic (exact) mass is 362 g/mol. The molecule has 1 amide bonds. The van der Waals surface area contributed by atoms with Crippen molar-refractivity contribution in [2.45, 2.75) is 12.8 Å². The van der Waals surface area contributed by atoms with Gasteiger partial charge in [0.25, 0.3) is 0 Å². The molecule has 134 valence electrons. The Hall–Kier alpha value is -2.40. The highest BCUT2D eigenvalue weighted by Gasteiger charge is 2.11. The first-order chi connectivity index (χ1) is 11.9. The summed E-state index contributed by atoms with van der Waals surface area (Å²) in [6.45, 7) is 0. The van der Waals surface area contributed by atoms with E-state index < -0.39 is 0 Å². The van der Waals surface area contributed by atoms with Gasteiger partial charge in [0.15, 0.2) is 11.5 Å². The Labute approximate surface area is 153 Å². The molecule has 25 heavy (non-hydrogen) atoms. The van der Waals surface area contributed by atoms with Crippen molar-refractivity contribution in [1.29, 1.82) is 0 Å². The van der Waals surface area contributed by atoms with E-state index in [1.807, 2.05) is 43.3 Å². The lowest BCUT2D eigenvalue weighted by atomic mass is 10.1. The number of rotatable bonds is 7. The van der Waals surface area contributed by atoms with E-state index in [9.17, 15) is 4.79 Å². The molecule has 0 saturated carbocycles. The van der Waals surface area contributed by atoms with Crippen LogP contribution in [0, 0.1) is 0 Å². The zero-order chi connectivity index (χ0) is 18.4. The highest BCUT2D eigenvalue weighted by molar-refractivity contribution is 6.31. The first-order valence-corrected chi connectivity index (χ1v) is 8.30. The smallest absolute Gasteiger partial charge is 0.224 e. The van der Waals surface area contributed by atoms with Gasteiger partial charge in [0.2, 0.25) is 5.91 Å². The Morgan fingerprint density at radius 1 is 1.08 bits per heavy atom. The molecule has 0 aliphatic heterocycles. The summed E-state index contributed by atoms with van der Waals surface area (Å²) in [5.41, 5.74) is 2.62. The van der Waals surface area contributed by atoms with Crippen molar-refractivity contribution in [1.82, 2.24) is 0 Å². The molecule has 0 unspecified atom stereocenters. The number of anilines is 2. The molecule has 0 spiro atoms. The van der Waals surface area contributed by atoms with E-state index in [0.717, 1.165) is 11.3 Å². The maximum absolute atomic E-state index is 12.3. The van der Waals surface area contributed by atoms with Gasteiger partial charge in [0, 0.05) is 25.5 Å². The van der Waals surface area contributed by atoms with Gasteiger partial charge in [-0.2, -0.15) is 0 Å². The molecule has 0 atom stereocenters. The van der Waals surface area contributed by atoms with E-state index in [2.05, 4.69) is 5.32 Å². The second-order valence-electron chi connectivity index (χ2n) is 5.79. The molecule has 6 heteroatoms. The van der Waals surface area contributed by atoms with Crippen molar-refractivity contribution in [2.24, 2.45) is 0 Å². The van der Waals surface area contributed by atoms with Crippen LogP contribution in [0.5, 0.6) is 11.5 Å². The number of halogens is 1. The highest BCUT2D eigenvalue weighted by atomic mass is 35.5. The first kappa shape index (κ1) is 18.9. The van der Waals surface area contributed by atoms with Gasteiger partial charge in [-0.05, 0) is 42.3 Å². The molecule has 0 bridgehead atoms. The number of hydrogen-bond acceptors (Lipinski definition) is 4. The van der Waals surface area contributed by atoms with Gasteiger partial charge in [-0.3, -0.25) is 4.79 Å². The van der Waals surface area contributed by atoms with Crippen LogP contribution in [0.3, 0.4) is 0 Å². The predicted molar refractivity (Wildman–Crippen MR) is 102 cm³/mol. The number of ether oxygens (including phenoxy) is 2. The minimum absolute atomic E-state index is 0.0693. The maximum atomic E-state index is 12.3. The van der Waals surface area contributed by atoms with Gasteiger partial charge in [-0.1, -0.05) is 17.7 Å². The third-order valence-corrected chi connectivity index (χ3v) is 4.04. The fraction of sp³-hybridized carbons (Fsp3) is 0.316. The van der Waals surface area contributed by atoms with Crippen LogP contribution in [0.15, 0.2) is 36.4 Å². The molecule has 2 aromatic carbocycles. The summed E-state index contributed by atoms with van der Waals surface area (Å²) in [4.78, 5) is 14.3. The van der Waals surface area contributed by atoms with Gasteiger partial charge >= 0.3 is 0 Å². The molecule has 0 aliphatic rings. The quantitative estimate of drug-likeness (QED) is 0.809. The van der Waals surface area contributed by atoms with Gasteiger partial charge in [-0.25, -0.2) is 0 Å². The predicted octanol–water partition coefficient (Wildman–Crippen LogP) is 3.99. The average molecular weight is 363 g/mol. The van der Waals surface area contributed by atoms with Crippen molar-refractivity contribution in [3.05, 3.63) is 47.0 Å². The van der Waals surface area contributed by atoms with E-state index in [1.165, 1.54) is 0 Å². The Balaban J connectivity index is 2.03. The Morgan fingerprint density at radius 2 is 1.80 bits per heavy atom. The van der Waals surface area contributed by atoms with Gasteiger partial charge in [-0.15, -0.1) is 0 Å². The molecular weight excluding hydrogens is 340 g/mol. The zero-order valence-corrected chi connectivity index (χ0v) is 15.7. The fourth-order valence-electron chi connectivity index (χ4n) is 2.51. The van der Waals surface area contributed by atoms with Crippen molar-refractivity contribution < 1.29 is 14.3 Å². The van der Waals surface area contributed by atoms with Crippen LogP contribution in [0.2, 0.25) is 5.02 Å². The maximum Gasteiger partial charge on any atom is 0.224 e. The van der Waals surface area contributed by atoms with Gasteiger partial charge < -0.3 is 19.7 Å². The Morgan fingerprint density at radius 3 is 2.44 bits per heavy atom. The van der Waals surface area contributed by atoms with Crippen LogP contribution in [-0.2, 0) is 11.2 Å². The molecule has 0 radical (unpaired) electrons. The molecule has 2 rings (SSSR count). The lowest BCUT2D eigenvalue weighted by molar-refractivity contribution is -0.116.